The predicted octanol–water partition coefficient (Wildman–Crippen LogP) is 5.78. The smallest absolute Gasteiger partial charge is 0.126 e. The van der Waals surface area contributed by atoms with Gasteiger partial charge >= 0.3 is 0 Å². The van der Waals surface area contributed by atoms with Crippen LogP contribution in [0.3, 0.4) is 0 Å². The van der Waals surface area contributed by atoms with Gasteiger partial charge in [0.25, 0.3) is 0 Å². The lowest BCUT2D eigenvalue weighted by atomic mass is 9.93. The quantitative estimate of drug-likeness (QED) is 0.518. The number of ether oxygens (including phenoxy) is 1. The Morgan fingerprint density at radius 3 is 2.59 bits per heavy atom. The van der Waals surface area contributed by atoms with Crippen LogP contribution in [0.1, 0.15) is 42.2 Å². The first-order valence-corrected chi connectivity index (χ1v) is 10.5. The summed E-state index contributed by atoms with van der Waals surface area (Å²) in [5, 5.41) is 14.0. The lowest BCUT2D eigenvalue weighted by Crippen LogP contribution is -2.33. The zero-order valence-electron chi connectivity index (χ0n) is 16.2. The maximum Gasteiger partial charge on any atom is 0.126 e. The van der Waals surface area contributed by atoms with Gasteiger partial charge in [0.15, 0.2) is 0 Å². The fourth-order valence-electron chi connectivity index (χ4n) is 3.62. The van der Waals surface area contributed by atoms with Crippen LogP contribution in [0.25, 0.3) is 0 Å². The van der Waals surface area contributed by atoms with E-state index < -0.39 is 0 Å². The van der Waals surface area contributed by atoms with Gasteiger partial charge in [-0.2, -0.15) is 0 Å². The van der Waals surface area contributed by atoms with Crippen molar-refractivity contribution in [2.75, 3.05) is 6.61 Å². The number of nitrogens with one attached hydrogen (secondary N) is 1. The molecule has 0 spiro atoms. The topological polar surface area (TPSA) is 53.8 Å². The Morgan fingerprint density at radius 2 is 1.86 bits per heavy atom. The number of para-hydroxylation sites is 1. The summed E-state index contributed by atoms with van der Waals surface area (Å²) < 4.78 is 6.58. The molecule has 0 bridgehead atoms. The summed E-state index contributed by atoms with van der Waals surface area (Å²) in [6, 6.07) is 23.7. The van der Waals surface area contributed by atoms with E-state index in [2.05, 4.69) is 45.5 Å². The normalized spacial score (nSPS) is 18.9. The van der Waals surface area contributed by atoms with Crippen molar-refractivity contribution >= 4 is 21.6 Å². The molecule has 2 unspecified atom stereocenters. The van der Waals surface area contributed by atoms with E-state index in [1.807, 2.05) is 49.4 Å². The van der Waals surface area contributed by atoms with Crippen molar-refractivity contribution in [2.24, 2.45) is 4.99 Å². The molecule has 4 nitrogen and oxygen atoms in total. The van der Waals surface area contributed by atoms with Gasteiger partial charge < -0.3 is 9.84 Å². The SMILES string of the molecule is CCOc1ccc(C2=NC(c3cccc(Br)c3)NC(c3ccccc3O)C2)cc1. The van der Waals surface area contributed by atoms with Gasteiger partial charge in [-0.15, -0.1) is 0 Å². The Balaban J connectivity index is 1.72. The summed E-state index contributed by atoms with van der Waals surface area (Å²) in [6.45, 7) is 2.62. The van der Waals surface area contributed by atoms with Gasteiger partial charge in [0, 0.05) is 28.2 Å². The molecule has 0 aromatic heterocycles. The van der Waals surface area contributed by atoms with Gasteiger partial charge in [-0.25, -0.2) is 0 Å². The molecule has 5 heteroatoms. The molecule has 0 fully saturated rings. The molecule has 1 aliphatic heterocycles. The van der Waals surface area contributed by atoms with E-state index in [1.54, 1.807) is 6.07 Å². The molecule has 0 aliphatic carbocycles. The van der Waals surface area contributed by atoms with Crippen molar-refractivity contribution in [3.8, 4) is 11.5 Å². The molecule has 0 radical (unpaired) electrons. The first-order chi connectivity index (χ1) is 14.1. The number of nitrogens with zero attached hydrogens (tertiary/aromatic N) is 1. The van der Waals surface area contributed by atoms with E-state index in [9.17, 15) is 5.11 Å². The van der Waals surface area contributed by atoms with Gasteiger partial charge in [-0.05, 0) is 60.5 Å². The van der Waals surface area contributed by atoms with Gasteiger partial charge in [-0.3, -0.25) is 10.3 Å². The minimum absolute atomic E-state index is 0.0424. The lowest BCUT2D eigenvalue weighted by molar-refractivity contribution is 0.340. The van der Waals surface area contributed by atoms with Crippen LogP contribution < -0.4 is 10.1 Å². The van der Waals surface area contributed by atoms with E-state index in [0.29, 0.717) is 18.8 Å². The number of phenols is 1. The predicted molar refractivity (Wildman–Crippen MR) is 120 cm³/mol. The molecule has 1 aliphatic rings. The number of phenolic OH excluding ortho intramolecular Hbond substituents is 1. The first-order valence-electron chi connectivity index (χ1n) is 9.73. The van der Waals surface area contributed by atoms with Crippen LogP contribution in [0.2, 0.25) is 0 Å². The molecular formula is C24H23BrN2O2. The largest absolute Gasteiger partial charge is 0.508 e. The molecule has 3 aromatic rings. The second-order valence-corrected chi connectivity index (χ2v) is 7.89. The van der Waals surface area contributed by atoms with E-state index in [1.165, 1.54) is 0 Å². The highest BCUT2D eigenvalue weighted by Gasteiger charge is 2.27. The Hall–Kier alpha value is -2.63. The number of rotatable bonds is 5. The highest BCUT2D eigenvalue weighted by Crippen LogP contribution is 2.35. The van der Waals surface area contributed by atoms with Crippen molar-refractivity contribution in [3.63, 3.8) is 0 Å². The Morgan fingerprint density at radius 1 is 1.07 bits per heavy atom. The number of benzene rings is 3. The molecule has 0 amide bonds. The number of halogens is 1. The highest BCUT2D eigenvalue weighted by molar-refractivity contribution is 9.10. The molecule has 2 N–H and O–H groups in total. The summed E-state index contributed by atoms with van der Waals surface area (Å²) in [5.41, 5.74) is 4.02. The van der Waals surface area contributed by atoms with Gasteiger partial charge in [0.05, 0.1) is 6.61 Å². The van der Waals surface area contributed by atoms with Gasteiger partial charge in [-0.1, -0.05) is 46.3 Å². The van der Waals surface area contributed by atoms with Crippen molar-refractivity contribution in [1.29, 1.82) is 0 Å². The standard InChI is InChI=1S/C24H23BrN2O2/c1-2-29-19-12-10-16(11-13-19)21-15-22(20-8-3-4-9-23(20)28)27-24(26-21)17-6-5-7-18(25)14-17/h3-14,22,24,27-28H,2,15H2,1H3. The Labute approximate surface area is 179 Å². The summed E-state index contributed by atoms with van der Waals surface area (Å²) >= 11 is 3.55. The third-order valence-electron chi connectivity index (χ3n) is 5.02. The fourth-order valence-corrected chi connectivity index (χ4v) is 4.04. The van der Waals surface area contributed by atoms with Gasteiger partial charge in [0.1, 0.15) is 17.7 Å². The van der Waals surface area contributed by atoms with E-state index >= 15 is 0 Å². The third kappa shape index (κ3) is 4.52. The van der Waals surface area contributed by atoms with Crippen molar-refractivity contribution in [3.05, 3.63) is 94.0 Å². The monoisotopic (exact) mass is 450 g/mol. The summed E-state index contributed by atoms with van der Waals surface area (Å²) in [5.74, 6) is 1.15. The highest BCUT2D eigenvalue weighted by atomic mass is 79.9. The molecule has 2 atom stereocenters. The Kier molecular flexibility index (Phi) is 5.97. The van der Waals surface area contributed by atoms with E-state index in [0.717, 1.165) is 32.6 Å². The summed E-state index contributed by atoms with van der Waals surface area (Å²) in [7, 11) is 0. The Bertz CT molecular complexity index is 1020. The number of hydrogen-bond donors (Lipinski definition) is 2. The van der Waals surface area contributed by atoms with Crippen LogP contribution in [0, 0.1) is 0 Å². The maximum atomic E-state index is 10.4. The second-order valence-electron chi connectivity index (χ2n) is 6.97. The fraction of sp³-hybridized carbons (Fsp3) is 0.208. The molecule has 148 valence electrons. The average Bonchev–Trinajstić information content (AvgIpc) is 2.74. The number of hydrogen-bond acceptors (Lipinski definition) is 4. The van der Waals surface area contributed by atoms with Gasteiger partial charge in [0.2, 0.25) is 0 Å². The van der Waals surface area contributed by atoms with Crippen LogP contribution in [0.4, 0.5) is 0 Å². The van der Waals surface area contributed by atoms with Crippen LogP contribution in [0.15, 0.2) is 82.3 Å². The zero-order chi connectivity index (χ0) is 20.2. The summed E-state index contributed by atoms with van der Waals surface area (Å²) in [4.78, 5) is 5.01. The van der Waals surface area contributed by atoms with E-state index in [4.69, 9.17) is 9.73 Å². The maximum absolute atomic E-state index is 10.4. The third-order valence-corrected chi connectivity index (χ3v) is 5.51. The average molecular weight is 451 g/mol. The molecule has 1 heterocycles. The molecule has 4 rings (SSSR count). The zero-order valence-corrected chi connectivity index (χ0v) is 17.8. The molecule has 3 aromatic carbocycles. The van der Waals surface area contributed by atoms with Crippen LogP contribution >= 0.6 is 15.9 Å². The number of aliphatic imine (C=N–C) groups is 1. The van der Waals surface area contributed by atoms with E-state index in [-0.39, 0.29) is 12.2 Å². The molecule has 0 saturated carbocycles. The van der Waals surface area contributed by atoms with Crippen molar-refractivity contribution in [2.45, 2.75) is 25.6 Å². The summed E-state index contributed by atoms with van der Waals surface area (Å²) in [6.07, 6.45) is 0.489. The van der Waals surface area contributed by atoms with Crippen LogP contribution in [-0.2, 0) is 0 Å². The van der Waals surface area contributed by atoms with Crippen molar-refractivity contribution < 1.29 is 9.84 Å². The molecule has 0 saturated heterocycles. The first kappa shape index (κ1) is 19.7. The molecule has 29 heavy (non-hydrogen) atoms. The minimum atomic E-state index is -0.201. The van der Waals surface area contributed by atoms with Crippen LogP contribution in [0.5, 0.6) is 11.5 Å². The minimum Gasteiger partial charge on any atom is -0.508 e. The van der Waals surface area contributed by atoms with Crippen LogP contribution in [-0.4, -0.2) is 17.4 Å². The number of aromatic hydroxyl groups is 1. The second kappa shape index (κ2) is 8.80. The van der Waals surface area contributed by atoms with Crippen molar-refractivity contribution in [1.82, 2.24) is 5.32 Å². The molecular weight excluding hydrogens is 428 g/mol. The lowest BCUT2D eigenvalue weighted by Gasteiger charge is -2.31.